The summed E-state index contributed by atoms with van der Waals surface area (Å²) in [5.74, 6) is -6.33. The van der Waals surface area contributed by atoms with Crippen LogP contribution >= 0.6 is 46.4 Å². The molecule has 7 aromatic heterocycles. The highest BCUT2D eigenvalue weighted by Gasteiger charge is 2.18. The Bertz CT molecular complexity index is 9140. The van der Waals surface area contributed by atoms with Gasteiger partial charge in [0.05, 0.1) is 41.1 Å². The van der Waals surface area contributed by atoms with E-state index in [0.717, 1.165) is 64.4 Å². The second kappa shape index (κ2) is 33.4. The summed E-state index contributed by atoms with van der Waals surface area (Å²) in [6, 6.07) is 19.5. The lowest BCUT2D eigenvalue weighted by Gasteiger charge is -2.03. The molecule has 23 aromatic rings. The molecular weight excluding hydrogens is 1630 g/mol. The van der Waals surface area contributed by atoms with Crippen molar-refractivity contribution < 1.29 is 76.2 Å². The van der Waals surface area contributed by atoms with Gasteiger partial charge in [0.15, 0.2) is 0 Å². The molecule has 7 nitrogen and oxygen atoms in total. The molecular formula is C103H73Cl4F8N7. The number of nitrogens with zero attached hydrogens (tertiary/aromatic N) is 7. The number of aromatic nitrogens is 7. The fourth-order valence-corrected chi connectivity index (χ4v) is 15.4. The van der Waals surface area contributed by atoms with Crippen LogP contribution in [-0.2, 0) is 49.3 Å². The first-order valence-electron chi connectivity index (χ1n) is 51.5. The number of halogens is 12. The van der Waals surface area contributed by atoms with Crippen LogP contribution in [0.2, 0.25) is 20.1 Å². The fraction of sp³-hybridized carbons (Fsp3) is 0.0680. The Morgan fingerprint density at radius 2 is 0.410 bits per heavy atom. The molecule has 16 aromatic carbocycles. The molecule has 0 unspecified atom stereocenters. The molecule has 7 heterocycles. The summed E-state index contributed by atoms with van der Waals surface area (Å²) in [5.41, 5.74) is 5.84. The molecule has 0 aliphatic heterocycles. The molecule has 19 heteroatoms. The second-order valence-corrected chi connectivity index (χ2v) is 29.3. The molecule has 0 saturated heterocycles. The summed E-state index contributed by atoms with van der Waals surface area (Å²) in [6.45, 7) is 0. The van der Waals surface area contributed by atoms with E-state index in [2.05, 4.69) is 4.57 Å². The molecule has 0 saturated carbocycles. The van der Waals surface area contributed by atoms with Crippen LogP contribution in [0.15, 0.2) is 315 Å². The van der Waals surface area contributed by atoms with Gasteiger partial charge in [0.25, 0.3) is 0 Å². The first kappa shape index (κ1) is 52.7. The van der Waals surface area contributed by atoms with Gasteiger partial charge in [0, 0.05) is 222 Å². The molecule has 0 aliphatic rings. The summed E-state index contributed by atoms with van der Waals surface area (Å²) in [6.07, 6.45) is 0. The summed E-state index contributed by atoms with van der Waals surface area (Å²) >= 11 is 24.1. The topological polar surface area (TPSA) is 34.5 Å². The molecule has 0 N–H and O–H groups in total. The number of benzene rings is 16. The van der Waals surface area contributed by atoms with Crippen molar-refractivity contribution in [2.75, 3.05) is 0 Å². The highest BCUT2D eigenvalue weighted by molar-refractivity contribution is 6.34. The van der Waals surface area contributed by atoms with Crippen molar-refractivity contribution in [2.24, 2.45) is 49.3 Å². The third-order valence-electron chi connectivity index (χ3n) is 20.5. The van der Waals surface area contributed by atoms with Crippen LogP contribution < -0.4 is 0 Å². The normalized spacial score (nSPS) is 14.8. The van der Waals surface area contributed by atoms with E-state index in [1.165, 1.54) is 99.5 Å². The van der Waals surface area contributed by atoms with Crippen molar-refractivity contribution in [3.8, 4) is 22.3 Å². The lowest BCUT2D eigenvalue weighted by atomic mass is 10.0. The zero-order valence-corrected chi connectivity index (χ0v) is 67.4. The summed E-state index contributed by atoms with van der Waals surface area (Å²) in [7, 11) is 12.0. The molecule has 0 radical (unpaired) electrons. The smallest absolute Gasteiger partial charge is 0.123 e. The quantitative estimate of drug-likeness (QED) is 0.155. The van der Waals surface area contributed by atoms with Crippen molar-refractivity contribution in [1.29, 1.82) is 0 Å². The van der Waals surface area contributed by atoms with Crippen LogP contribution in [0.1, 0.15) is 41.1 Å². The summed E-state index contributed by atoms with van der Waals surface area (Å²) in [4.78, 5) is 0. The minimum absolute atomic E-state index is 0.0293. The first-order chi connectivity index (χ1) is 71.3. The number of rotatable bonds is 2. The SMILES string of the molecule is Cn1c2ccc(Cl)cc2c2cc(Cl)ccc21.Cn1c2ccc(F)cc2c2cc(F)ccc21.[2H]c1c(F)c([2H])c2c3c([2H])c(F)c([2H])c([2H])c3n(C)c2c1[2H].[2H]c1c([2H])c([2H])c(-c2c([2H])c([2H])c3c(c2[2H])c2c([2H])c(-c4c([2H])c([2H])c([2H])c([2H])c4[2H])c([2H])c([2H])c2n3C)c([2H])c1[2H].[2H]c1cc2c(c([2H])c1F)c1c([2H])c(F)c([2H])cc1n2C.[2H]c1cc2c(cc1Cl)c1cc(Cl)c([2H])cc1n2C.[2H]c1cc2c(cc1F)c1cc(F)c([2H])cc1n2C. The minimum Gasteiger partial charge on any atom is -0.344 e. The maximum absolute atomic E-state index is 13.9. The van der Waals surface area contributed by atoms with Crippen molar-refractivity contribution in [3.05, 3.63) is 381 Å². The van der Waals surface area contributed by atoms with E-state index < -0.39 is 214 Å². The van der Waals surface area contributed by atoms with Crippen LogP contribution in [0.4, 0.5) is 35.1 Å². The molecule has 0 fully saturated rings. The summed E-state index contributed by atoms with van der Waals surface area (Å²) in [5, 5.41) is 8.58. The Morgan fingerprint density at radius 3 is 0.746 bits per heavy atom. The maximum atomic E-state index is 13.9. The van der Waals surface area contributed by atoms with Crippen molar-refractivity contribution in [3.63, 3.8) is 0 Å². The number of hydrogen-bond acceptors (Lipinski definition) is 0. The predicted octanol–water partition coefficient (Wildman–Crippen LogP) is 30.4. The molecule has 604 valence electrons. The van der Waals surface area contributed by atoms with Gasteiger partial charge in [-0.15, -0.1) is 0 Å². The van der Waals surface area contributed by atoms with E-state index in [0.29, 0.717) is 55.0 Å². The van der Waals surface area contributed by atoms with Crippen LogP contribution in [0, 0.1) is 46.5 Å². The Labute approximate surface area is 757 Å². The van der Waals surface area contributed by atoms with Gasteiger partial charge < -0.3 is 32.0 Å². The van der Waals surface area contributed by atoms with E-state index in [-0.39, 0.29) is 78.1 Å². The second-order valence-electron chi connectivity index (χ2n) is 27.6. The molecule has 0 atom stereocenters. The number of aryl methyl sites for hydroxylation is 7. The Balaban J connectivity index is 0.000000124. The largest absolute Gasteiger partial charge is 0.344 e. The van der Waals surface area contributed by atoms with Crippen molar-refractivity contribution in [1.82, 2.24) is 32.0 Å². The van der Waals surface area contributed by atoms with E-state index in [9.17, 15) is 35.1 Å². The van der Waals surface area contributed by atoms with Gasteiger partial charge in [-0.1, -0.05) is 119 Å². The first-order valence-corrected chi connectivity index (χ1v) is 38.0. The van der Waals surface area contributed by atoms with Crippen LogP contribution in [0.5, 0.6) is 0 Å². The number of hydrogen-bond donors (Lipinski definition) is 0. The molecule has 23 rings (SSSR count). The lowest BCUT2D eigenvalue weighted by Crippen LogP contribution is -1.86. The van der Waals surface area contributed by atoms with E-state index in [4.69, 9.17) is 87.5 Å². The molecule has 0 aliphatic carbocycles. The van der Waals surface area contributed by atoms with Crippen molar-refractivity contribution >= 4 is 199 Å². The summed E-state index contributed by atoms with van der Waals surface area (Å²) < 4.78 is 362. The third-order valence-corrected chi connectivity index (χ3v) is 21.4. The Hall–Kier alpha value is -13.3. The highest BCUT2D eigenvalue weighted by atomic mass is 35.5. The van der Waals surface area contributed by atoms with E-state index in [1.54, 1.807) is 55.1 Å². The van der Waals surface area contributed by atoms with Gasteiger partial charge in [0.1, 0.15) is 46.5 Å². The fourth-order valence-electron chi connectivity index (χ4n) is 14.8. The average molecular weight is 1730 g/mol. The van der Waals surface area contributed by atoms with E-state index >= 15 is 0 Å². The van der Waals surface area contributed by atoms with Gasteiger partial charge in [0.2, 0.25) is 0 Å². The number of fused-ring (bicyclic) bond motifs is 21. The minimum atomic E-state index is -1.23. The monoisotopic (exact) mass is 1730 g/mol. The zero-order valence-electron chi connectivity index (χ0n) is 94.4. The maximum Gasteiger partial charge on any atom is 0.123 e. The zero-order chi connectivity index (χ0) is 111. The Morgan fingerprint density at radius 1 is 0.180 bits per heavy atom. The van der Waals surface area contributed by atoms with Gasteiger partial charge in [-0.2, -0.15) is 0 Å². The molecule has 122 heavy (non-hydrogen) atoms. The van der Waals surface area contributed by atoms with Crippen molar-refractivity contribution in [2.45, 2.75) is 0 Å². The molecule has 0 spiro atoms. The third kappa shape index (κ3) is 15.6. The van der Waals surface area contributed by atoms with Crippen LogP contribution in [0.3, 0.4) is 0 Å². The van der Waals surface area contributed by atoms with Crippen LogP contribution in [-0.4, -0.2) is 32.0 Å². The highest BCUT2D eigenvalue weighted by Crippen LogP contribution is 2.39. The standard InChI is InChI=1S/C25H19N.2C13H9Cl2N.4C13H9F2N/c1-26-24-14-12-20(18-8-4-2-5-9-18)16-22(24)23-17-21(13-15-25(23)26)19-10-6-3-7-11-19;6*1-16-12-4-2-8(14)6-10(12)11-7-9(15)3-5-13(11)16/h2-17H,1H3;6*2-7H,1H3/i2D,3D,4D,5D,6D,7D,8D,9D,10D,11D,12D,13D,14D,15D,16D,17D;2D,3D;;2D,3D,4D,5D,6D,7D;2D,3D,6D,7D;2D,3D;. The molecule has 0 bridgehead atoms. The van der Waals surface area contributed by atoms with Gasteiger partial charge >= 0.3 is 0 Å². The molecule has 0 amide bonds. The average Bonchev–Trinajstić information content (AvgIpc) is 1.53. The lowest BCUT2D eigenvalue weighted by molar-refractivity contribution is 0.628. The predicted molar refractivity (Wildman–Crippen MR) is 494 cm³/mol. The van der Waals surface area contributed by atoms with Gasteiger partial charge in [-0.05, 0) is 264 Å². The van der Waals surface area contributed by atoms with E-state index in [1.807, 2.05) is 66.7 Å². The van der Waals surface area contributed by atoms with Gasteiger partial charge in [-0.3, -0.25) is 0 Å². The van der Waals surface area contributed by atoms with Crippen LogP contribution in [0.25, 0.3) is 175 Å². The van der Waals surface area contributed by atoms with Gasteiger partial charge in [-0.25, -0.2) is 35.1 Å². The Kier molecular flexibility index (Phi) is 14.4.